The summed E-state index contributed by atoms with van der Waals surface area (Å²) in [5, 5.41) is 3.72. The van der Waals surface area contributed by atoms with E-state index in [0.717, 1.165) is 12.6 Å². The van der Waals surface area contributed by atoms with E-state index >= 15 is 0 Å². The number of likely N-dealkylation sites (tertiary alicyclic amines) is 1. The zero-order chi connectivity index (χ0) is 13.8. The van der Waals surface area contributed by atoms with E-state index in [1.165, 1.54) is 51.0 Å². The molecule has 3 rings (SSSR count). The summed E-state index contributed by atoms with van der Waals surface area (Å²) in [5.41, 5.74) is 1.44. The lowest BCUT2D eigenvalue weighted by Crippen LogP contribution is -2.45. The van der Waals surface area contributed by atoms with E-state index in [9.17, 15) is 0 Å². The van der Waals surface area contributed by atoms with Crippen LogP contribution in [0.4, 0.5) is 0 Å². The maximum atomic E-state index is 3.72. The second-order valence-electron chi connectivity index (χ2n) is 6.30. The molecule has 0 amide bonds. The molecule has 1 unspecified atom stereocenters. The molecule has 2 saturated heterocycles. The molecule has 3 nitrogen and oxygen atoms in total. The lowest BCUT2D eigenvalue weighted by atomic mass is 10.0. The second kappa shape index (κ2) is 6.70. The van der Waals surface area contributed by atoms with E-state index in [-0.39, 0.29) is 0 Å². The highest BCUT2D eigenvalue weighted by molar-refractivity contribution is 5.19. The molecule has 2 fully saturated rings. The average Bonchev–Trinajstić information content (AvgIpc) is 2.75. The summed E-state index contributed by atoms with van der Waals surface area (Å²) in [6.07, 6.45) is 3.94. The van der Waals surface area contributed by atoms with E-state index in [1.54, 1.807) is 0 Å². The van der Waals surface area contributed by atoms with Crippen LogP contribution < -0.4 is 5.32 Å². The number of hydrogen-bond donors (Lipinski definition) is 1. The highest BCUT2D eigenvalue weighted by Crippen LogP contribution is 2.22. The summed E-state index contributed by atoms with van der Waals surface area (Å²) in [7, 11) is 2.24. The summed E-state index contributed by atoms with van der Waals surface area (Å²) in [6.45, 7) is 6.07. The normalized spacial score (nSPS) is 27.4. The Bertz CT molecular complexity index is 398. The van der Waals surface area contributed by atoms with Gasteiger partial charge in [0.2, 0.25) is 0 Å². The van der Waals surface area contributed by atoms with Crippen molar-refractivity contribution in [1.29, 1.82) is 0 Å². The van der Waals surface area contributed by atoms with Crippen LogP contribution in [0, 0.1) is 0 Å². The van der Waals surface area contributed by atoms with Gasteiger partial charge in [-0.2, -0.15) is 0 Å². The van der Waals surface area contributed by atoms with Gasteiger partial charge in [-0.3, -0.25) is 4.90 Å². The maximum absolute atomic E-state index is 3.72. The molecule has 3 heteroatoms. The van der Waals surface area contributed by atoms with Gasteiger partial charge in [-0.05, 0) is 58.1 Å². The van der Waals surface area contributed by atoms with Crippen LogP contribution in [-0.4, -0.2) is 55.6 Å². The Morgan fingerprint density at radius 2 is 1.80 bits per heavy atom. The van der Waals surface area contributed by atoms with Gasteiger partial charge >= 0.3 is 0 Å². The fourth-order valence-corrected chi connectivity index (χ4v) is 3.55. The van der Waals surface area contributed by atoms with Crippen molar-refractivity contribution in [1.82, 2.24) is 15.1 Å². The van der Waals surface area contributed by atoms with Crippen molar-refractivity contribution in [2.45, 2.75) is 31.3 Å². The Balaban J connectivity index is 1.66. The van der Waals surface area contributed by atoms with Crippen molar-refractivity contribution >= 4 is 0 Å². The van der Waals surface area contributed by atoms with Crippen LogP contribution in [0.15, 0.2) is 30.3 Å². The lowest BCUT2D eigenvalue weighted by molar-refractivity contribution is 0.119. The van der Waals surface area contributed by atoms with Crippen molar-refractivity contribution in [3.63, 3.8) is 0 Å². The van der Waals surface area contributed by atoms with Crippen molar-refractivity contribution in [2.75, 3.05) is 39.8 Å². The minimum absolute atomic E-state index is 0.498. The number of piperidine rings is 1. The Labute approximate surface area is 123 Å². The van der Waals surface area contributed by atoms with E-state index in [4.69, 9.17) is 0 Å². The topological polar surface area (TPSA) is 18.5 Å². The smallest absolute Gasteiger partial charge is 0.0449 e. The molecule has 2 aliphatic heterocycles. The van der Waals surface area contributed by atoms with Gasteiger partial charge in [-0.1, -0.05) is 30.3 Å². The van der Waals surface area contributed by atoms with E-state index < -0.39 is 0 Å². The number of hydrogen-bond acceptors (Lipinski definition) is 3. The molecule has 1 N–H and O–H groups in total. The van der Waals surface area contributed by atoms with Gasteiger partial charge < -0.3 is 10.2 Å². The summed E-state index contributed by atoms with van der Waals surface area (Å²) < 4.78 is 0. The first kappa shape index (κ1) is 14.1. The summed E-state index contributed by atoms with van der Waals surface area (Å²) in [4.78, 5) is 5.20. The summed E-state index contributed by atoms with van der Waals surface area (Å²) in [6, 6.07) is 12.2. The Morgan fingerprint density at radius 1 is 1.05 bits per heavy atom. The molecule has 1 aromatic rings. The predicted octanol–water partition coefficient (Wildman–Crippen LogP) is 2.12. The molecule has 110 valence electrons. The van der Waals surface area contributed by atoms with Crippen LogP contribution in [-0.2, 0) is 0 Å². The van der Waals surface area contributed by atoms with Crippen LogP contribution in [0.3, 0.4) is 0 Å². The first-order valence-corrected chi connectivity index (χ1v) is 8.04. The van der Waals surface area contributed by atoms with Crippen LogP contribution >= 0.6 is 0 Å². The van der Waals surface area contributed by atoms with Gasteiger partial charge in [0, 0.05) is 18.6 Å². The van der Waals surface area contributed by atoms with Gasteiger partial charge in [-0.25, -0.2) is 0 Å². The van der Waals surface area contributed by atoms with Crippen LogP contribution in [0.2, 0.25) is 0 Å². The largest absolute Gasteiger partial charge is 0.309 e. The van der Waals surface area contributed by atoms with Crippen molar-refractivity contribution in [2.24, 2.45) is 0 Å². The van der Waals surface area contributed by atoms with Crippen LogP contribution in [0.5, 0.6) is 0 Å². The molecule has 0 radical (unpaired) electrons. The van der Waals surface area contributed by atoms with Gasteiger partial charge in [0.25, 0.3) is 0 Å². The molecule has 2 aliphatic rings. The first-order valence-electron chi connectivity index (χ1n) is 8.04. The molecule has 0 bridgehead atoms. The molecule has 1 aromatic carbocycles. The molecule has 0 saturated carbocycles. The zero-order valence-corrected chi connectivity index (χ0v) is 12.6. The molecule has 2 heterocycles. The standard InChI is InChI=1S/C17H27N3/c1-19-12-8-16(9-13-19)20-11-5-10-18-17(14-20)15-6-3-2-4-7-15/h2-4,6-7,16-18H,5,8-14H2,1H3. The van der Waals surface area contributed by atoms with Crippen molar-refractivity contribution in [3.8, 4) is 0 Å². The minimum atomic E-state index is 0.498. The third kappa shape index (κ3) is 3.40. The van der Waals surface area contributed by atoms with E-state index in [0.29, 0.717) is 6.04 Å². The summed E-state index contributed by atoms with van der Waals surface area (Å²) >= 11 is 0. The highest BCUT2D eigenvalue weighted by atomic mass is 15.2. The quantitative estimate of drug-likeness (QED) is 0.890. The Morgan fingerprint density at radius 3 is 2.55 bits per heavy atom. The molecule has 0 spiro atoms. The fourth-order valence-electron chi connectivity index (χ4n) is 3.55. The average molecular weight is 273 g/mol. The van der Waals surface area contributed by atoms with Crippen molar-refractivity contribution < 1.29 is 0 Å². The number of rotatable bonds is 2. The molecule has 20 heavy (non-hydrogen) atoms. The third-order valence-corrected chi connectivity index (χ3v) is 4.84. The van der Waals surface area contributed by atoms with Crippen molar-refractivity contribution in [3.05, 3.63) is 35.9 Å². The fraction of sp³-hybridized carbons (Fsp3) is 0.647. The van der Waals surface area contributed by atoms with Gasteiger partial charge in [-0.15, -0.1) is 0 Å². The number of benzene rings is 1. The lowest BCUT2D eigenvalue weighted by Gasteiger charge is -2.37. The first-order chi connectivity index (χ1) is 9.83. The monoisotopic (exact) mass is 273 g/mol. The van der Waals surface area contributed by atoms with E-state index in [1.807, 2.05) is 0 Å². The Kier molecular flexibility index (Phi) is 4.71. The summed E-state index contributed by atoms with van der Waals surface area (Å²) in [5.74, 6) is 0. The molecule has 0 aromatic heterocycles. The number of nitrogens with zero attached hydrogens (tertiary/aromatic N) is 2. The molecule has 1 atom stereocenters. The minimum Gasteiger partial charge on any atom is -0.309 e. The van der Waals surface area contributed by atoms with Gasteiger partial charge in [0.05, 0.1) is 0 Å². The maximum Gasteiger partial charge on any atom is 0.0449 e. The predicted molar refractivity (Wildman–Crippen MR) is 83.9 cm³/mol. The molecular formula is C17H27N3. The highest BCUT2D eigenvalue weighted by Gasteiger charge is 2.27. The Hall–Kier alpha value is -0.900. The van der Waals surface area contributed by atoms with Crippen LogP contribution in [0.1, 0.15) is 30.9 Å². The van der Waals surface area contributed by atoms with Gasteiger partial charge in [0.15, 0.2) is 0 Å². The third-order valence-electron chi connectivity index (χ3n) is 4.84. The molecular weight excluding hydrogens is 246 g/mol. The SMILES string of the molecule is CN1CCC(N2CCCNC(c3ccccc3)C2)CC1. The zero-order valence-electron chi connectivity index (χ0n) is 12.6. The van der Waals surface area contributed by atoms with Gasteiger partial charge in [0.1, 0.15) is 0 Å². The second-order valence-corrected chi connectivity index (χ2v) is 6.30. The number of nitrogens with one attached hydrogen (secondary N) is 1. The molecule has 0 aliphatic carbocycles. The van der Waals surface area contributed by atoms with Crippen LogP contribution in [0.25, 0.3) is 0 Å². The van der Waals surface area contributed by atoms with E-state index in [2.05, 4.69) is 52.5 Å².